The monoisotopic (exact) mass is 447 g/mol. The van der Waals surface area contributed by atoms with Crippen LogP contribution in [0, 0.1) is 0 Å². The van der Waals surface area contributed by atoms with Crippen molar-refractivity contribution in [1.29, 1.82) is 0 Å². The summed E-state index contributed by atoms with van der Waals surface area (Å²) in [6, 6.07) is 12.2. The summed E-state index contributed by atoms with van der Waals surface area (Å²) in [5.41, 5.74) is 3.07. The zero-order valence-corrected chi connectivity index (χ0v) is 18.6. The zero-order chi connectivity index (χ0) is 23.5. The third kappa shape index (κ3) is 3.95. The number of ether oxygens (including phenoxy) is 1. The second kappa shape index (κ2) is 9.20. The average molecular weight is 447 g/mol. The Morgan fingerprint density at radius 3 is 2.36 bits per heavy atom. The third-order valence-corrected chi connectivity index (χ3v) is 5.82. The van der Waals surface area contributed by atoms with E-state index in [-0.39, 0.29) is 22.9 Å². The molecule has 8 heteroatoms. The van der Waals surface area contributed by atoms with Gasteiger partial charge in [-0.15, -0.1) is 0 Å². The van der Waals surface area contributed by atoms with Crippen molar-refractivity contribution in [3.8, 4) is 34.5 Å². The van der Waals surface area contributed by atoms with E-state index < -0.39 is 11.5 Å². The largest absolute Gasteiger partial charge is 0.503 e. The minimum Gasteiger partial charge on any atom is -0.503 e. The molecule has 0 amide bonds. The summed E-state index contributed by atoms with van der Waals surface area (Å²) in [6.07, 6.45) is 4.34. The van der Waals surface area contributed by atoms with Gasteiger partial charge < -0.3 is 19.5 Å². The van der Waals surface area contributed by atoms with Crippen LogP contribution in [-0.2, 0) is 0 Å². The van der Waals surface area contributed by atoms with Crippen LogP contribution in [0.3, 0.4) is 0 Å². The van der Waals surface area contributed by atoms with E-state index in [4.69, 9.17) is 9.26 Å². The first kappa shape index (κ1) is 22.1. The SMILES string of the molecule is CCC(CC)c1c(C(=O)c2ccc(OC)nc2)c(O)c(O)n1-c1ccc(-c2ccon2)cc1. The van der Waals surface area contributed by atoms with Crippen molar-refractivity contribution in [2.45, 2.75) is 32.6 Å². The summed E-state index contributed by atoms with van der Waals surface area (Å²) in [5, 5.41) is 25.7. The summed E-state index contributed by atoms with van der Waals surface area (Å²) < 4.78 is 11.5. The third-order valence-electron chi connectivity index (χ3n) is 5.82. The Morgan fingerprint density at radius 2 is 1.82 bits per heavy atom. The number of aromatic hydroxyl groups is 2. The Bertz CT molecular complexity index is 1240. The van der Waals surface area contributed by atoms with Crippen molar-refractivity contribution < 1.29 is 24.3 Å². The molecule has 33 heavy (non-hydrogen) atoms. The minimum absolute atomic E-state index is 0.0721. The lowest BCUT2D eigenvalue weighted by molar-refractivity contribution is 0.103. The van der Waals surface area contributed by atoms with Crippen LogP contribution in [0.2, 0.25) is 0 Å². The van der Waals surface area contributed by atoms with Gasteiger partial charge in [0.25, 0.3) is 0 Å². The fourth-order valence-corrected chi connectivity index (χ4v) is 4.03. The Kier molecular flexibility index (Phi) is 6.17. The van der Waals surface area contributed by atoms with Gasteiger partial charge in [-0.25, -0.2) is 4.98 Å². The molecule has 0 bridgehead atoms. The minimum atomic E-state index is -0.446. The number of pyridine rings is 1. The molecule has 0 spiro atoms. The van der Waals surface area contributed by atoms with Gasteiger partial charge in [-0.05, 0) is 31.0 Å². The summed E-state index contributed by atoms with van der Waals surface area (Å²) in [7, 11) is 1.49. The van der Waals surface area contributed by atoms with Gasteiger partial charge in [-0.1, -0.05) is 31.1 Å². The Balaban J connectivity index is 1.86. The molecular formula is C25H25N3O5. The van der Waals surface area contributed by atoms with E-state index in [1.807, 2.05) is 26.0 Å². The van der Waals surface area contributed by atoms with E-state index in [1.165, 1.54) is 19.6 Å². The molecule has 2 N–H and O–H groups in total. The summed E-state index contributed by atoms with van der Waals surface area (Å²) in [5.74, 6) is -0.937. The predicted octanol–water partition coefficient (Wildman–Crippen LogP) is 5.08. The van der Waals surface area contributed by atoms with Gasteiger partial charge in [0.15, 0.2) is 11.5 Å². The summed E-state index contributed by atoms with van der Waals surface area (Å²) in [4.78, 5) is 17.5. The van der Waals surface area contributed by atoms with E-state index in [1.54, 1.807) is 34.9 Å². The van der Waals surface area contributed by atoms with Gasteiger partial charge in [0.2, 0.25) is 11.8 Å². The molecule has 3 aromatic heterocycles. The first-order valence-electron chi connectivity index (χ1n) is 10.7. The number of methoxy groups -OCH3 is 1. The number of hydrogen-bond donors (Lipinski definition) is 2. The number of benzene rings is 1. The molecule has 0 aliphatic rings. The van der Waals surface area contributed by atoms with E-state index >= 15 is 0 Å². The first-order valence-corrected chi connectivity index (χ1v) is 10.7. The highest BCUT2D eigenvalue weighted by molar-refractivity contribution is 6.12. The molecule has 8 nitrogen and oxygen atoms in total. The van der Waals surface area contributed by atoms with Crippen LogP contribution in [0.25, 0.3) is 16.9 Å². The van der Waals surface area contributed by atoms with Crippen molar-refractivity contribution >= 4 is 5.78 Å². The maximum Gasteiger partial charge on any atom is 0.240 e. The lowest BCUT2D eigenvalue weighted by Gasteiger charge is -2.19. The van der Waals surface area contributed by atoms with Crippen molar-refractivity contribution in [3.63, 3.8) is 0 Å². The van der Waals surface area contributed by atoms with Crippen LogP contribution in [0.5, 0.6) is 17.5 Å². The predicted molar refractivity (Wildman–Crippen MR) is 122 cm³/mol. The normalized spacial score (nSPS) is 11.2. The van der Waals surface area contributed by atoms with Crippen LogP contribution in [-0.4, -0.2) is 37.8 Å². The number of ketones is 1. The highest BCUT2D eigenvalue weighted by atomic mass is 16.5. The fraction of sp³-hybridized carbons (Fsp3) is 0.240. The second-order valence-electron chi connectivity index (χ2n) is 7.63. The van der Waals surface area contributed by atoms with Crippen LogP contribution in [0.1, 0.15) is 54.2 Å². The Morgan fingerprint density at radius 1 is 1.09 bits per heavy atom. The maximum atomic E-state index is 13.4. The van der Waals surface area contributed by atoms with Crippen molar-refractivity contribution in [2.75, 3.05) is 7.11 Å². The number of hydrogen-bond acceptors (Lipinski definition) is 7. The molecule has 0 unspecified atom stereocenters. The molecule has 0 atom stereocenters. The molecule has 0 radical (unpaired) electrons. The summed E-state index contributed by atoms with van der Waals surface area (Å²) in [6.45, 7) is 4.02. The quantitative estimate of drug-likeness (QED) is 0.362. The zero-order valence-electron chi connectivity index (χ0n) is 18.6. The molecule has 0 saturated heterocycles. The highest BCUT2D eigenvalue weighted by Gasteiger charge is 2.32. The van der Waals surface area contributed by atoms with E-state index in [0.29, 0.717) is 23.0 Å². The Labute approximate surface area is 191 Å². The smallest absolute Gasteiger partial charge is 0.240 e. The molecule has 0 aliphatic carbocycles. The Hall–Kier alpha value is -4.07. The average Bonchev–Trinajstić information content (AvgIpc) is 3.47. The van der Waals surface area contributed by atoms with Gasteiger partial charge in [-0.2, -0.15) is 0 Å². The van der Waals surface area contributed by atoms with Gasteiger partial charge in [0, 0.05) is 46.8 Å². The van der Waals surface area contributed by atoms with Gasteiger partial charge in [0.1, 0.15) is 12.0 Å². The number of rotatable bonds is 8. The molecule has 0 saturated carbocycles. The first-order chi connectivity index (χ1) is 16.0. The molecule has 4 aromatic rings. The second-order valence-corrected chi connectivity index (χ2v) is 7.63. The molecular weight excluding hydrogens is 422 g/mol. The van der Waals surface area contributed by atoms with Crippen LogP contribution < -0.4 is 4.74 Å². The molecule has 3 heterocycles. The number of nitrogens with zero attached hydrogens (tertiary/aromatic N) is 3. The standard InChI is InChI=1S/C25H25N3O5/c1-4-15(5-2)22-21(23(29)17-8-11-20(32-3)26-14-17)24(30)25(31)28(22)18-9-6-16(7-10-18)19-12-13-33-27-19/h6-15,30-31H,4-5H2,1-3H3. The lowest BCUT2D eigenvalue weighted by atomic mass is 9.92. The molecule has 170 valence electrons. The molecule has 1 aromatic carbocycles. The summed E-state index contributed by atoms with van der Waals surface area (Å²) >= 11 is 0. The van der Waals surface area contributed by atoms with Gasteiger partial charge >= 0.3 is 0 Å². The van der Waals surface area contributed by atoms with Gasteiger partial charge in [0.05, 0.1) is 12.7 Å². The van der Waals surface area contributed by atoms with E-state index in [0.717, 1.165) is 18.4 Å². The molecule has 0 fully saturated rings. The number of carbonyl (C=O) groups excluding carboxylic acids is 1. The molecule has 0 aliphatic heterocycles. The van der Waals surface area contributed by atoms with Gasteiger partial charge in [-0.3, -0.25) is 9.36 Å². The fourth-order valence-electron chi connectivity index (χ4n) is 4.03. The molecule has 4 rings (SSSR count). The van der Waals surface area contributed by atoms with Crippen LogP contribution in [0.15, 0.2) is 59.4 Å². The number of aromatic nitrogens is 3. The highest BCUT2D eigenvalue weighted by Crippen LogP contribution is 2.44. The van der Waals surface area contributed by atoms with Crippen molar-refractivity contribution in [1.82, 2.24) is 14.7 Å². The maximum absolute atomic E-state index is 13.4. The lowest BCUT2D eigenvalue weighted by Crippen LogP contribution is -2.12. The number of carbonyl (C=O) groups is 1. The van der Waals surface area contributed by atoms with Crippen LogP contribution >= 0.6 is 0 Å². The topological polar surface area (TPSA) is 111 Å². The van der Waals surface area contributed by atoms with E-state index in [2.05, 4.69) is 10.1 Å². The van der Waals surface area contributed by atoms with Crippen molar-refractivity contribution in [3.05, 3.63) is 71.7 Å². The van der Waals surface area contributed by atoms with E-state index in [9.17, 15) is 15.0 Å². The van der Waals surface area contributed by atoms with Crippen molar-refractivity contribution in [2.24, 2.45) is 0 Å². The van der Waals surface area contributed by atoms with Crippen LogP contribution in [0.4, 0.5) is 0 Å².